The minimum atomic E-state index is -0.697. The second kappa shape index (κ2) is 13.1. The fourth-order valence-electron chi connectivity index (χ4n) is 5.12. The number of rotatable bonds is 10. The van der Waals surface area contributed by atoms with Gasteiger partial charge in [-0.1, -0.05) is 18.2 Å². The van der Waals surface area contributed by atoms with Gasteiger partial charge < -0.3 is 39.5 Å². The number of carbonyl (C=O) groups excluding carboxylic acids is 2. The number of nitrogens with one attached hydrogen (secondary N) is 2. The van der Waals surface area contributed by atoms with Crippen LogP contribution in [0.2, 0.25) is 0 Å². The molecule has 2 aromatic carbocycles. The Balaban J connectivity index is 1.64. The monoisotopic (exact) mass is 571 g/mol. The molecule has 41 heavy (non-hydrogen) atoms. The number of amides is 2. The van der Waals surface area contributed by atoms with Gasteiger partial charge in [0.05, 0.1) is 34.1 Å². The molecule has 2 amide bonds. The van der Waals surface area contributed by atoms with Gasteiger partial charge in [-0.05, 0) is 63.1 Å². The van der Waals surface area contributed by atoms with Gasteiger partial charge in [-0.3, -0.25) is 4.79 Å². The molecule has 2 aromatic rings. The van der Waals surface area contributed by atoms with Crippen LogP contribution in [0.3, 0.4) is 0 Å². The van der Waals surface area contributed by atoms with Crippen LogP contribution in [0.4, 0.5) is 10.5 Å². The van der Waals surface area contributed by atoms with Crippen LogP contribution in [0.5, 0.6) is 23.0 Å². The Morgan fingerprint density at radius 3 is 1.98 bits per heavy atom. The molecular formula is C30H41N3O8. The predicted molar refractivity (Wildman–Crippen MR) is 156 cm³/mol. The molecule has 3 rings (SSSR count). The van der Waals surface area contributed by atoms with E-state index in [9.17, 15) is 14.8 Å². The topological polar surface area (TPSA) is 128 Å². The van der Waals surface area contributed by atoms with E-state index in [0.717, 1.165) is 11.1 Å². The van der Waals surface area contributed by atoms with Crippen molar-refractivity contribution in [2.75, 3.05) is 40.3 Å². The van der Waals surface area contributed by atoms with Crippen molar-refractivity contribution in [1.29, 1.82) is 0 Å². The molecule has 0 aliphatic carbocycles. The highest BCUT2D eigenvalue weighted by atomic mass is 16.6. The summed E-state index contributed by atoms with van der Waals surface area (Å²) in [6, 6.07) is 8.99. The number of hydrogen-bond donors (Lipinski definition) is 3. The van der Waals surface area contributed by atoms with Crippen LogP contribution in [-0.2, 0) is 9.53 Å². The maximum absolute atomic E-state index is 12.7. The number of piperidine rings is 1. The van der Waals surface area contributed by atoms with Crippen molar-refractivity contribution in [3.05, 3.63) is 41.5 Å². The second-order valence-electron chi connectivity index (χ2n) is 11.0. The van der Waals surface area contributed by atoms with Gasteiger partial charge in [0.15, 0.2) is 11.5 Å². The highest BCUT2D eigenvalue weighted by Crippen LogP contribution is 2.39. The van der Waals surface area contributed by atoms with Gasteiger partial charge in [0.1, 0.15) is 18.4 Å². The van der Waals surface area contributed by atoms with E-state index in [0.29, 0.717) is 41.5 Å². The van der Waals surface area contributed by atoms with E-state index in [2.05, 4.69) is 10.6 Å². The number of anilines is 1. The first kappa shape index (κ1) is 31.6. The Kier molecular flexibility index (Phi) is 10.1. The molecule has 3 N–H and O–H groups in total. The summed E-state index contributed by atoms with van der Waals surface area (Å²) in [5, 5.41) is 17.0. The highest BCUT2D eigenvalue weighted by Gasteiger charge is 2.46. The molecule has 224 valence electrons. The molecule has 1 heterocycles. The molecular weight excluding hydrogens is 530 g/mol. The van der Waals surface area contributed by atoms with E-state index in [1.807, 2.05) is 58.0 Å². The lowest BCUT2D eigenvalue weighted by Gasteiger charge is -2.50. The zero-order chi connectivity index (χ0) is 30.4. The summed E-state index contributed by atoms with van der Waals surface area (Å²) in [6.45, 7) is 7.25. The van der Waals surface area contributed by atoms with Crippen molar-refractivity contribution < 1.29 is 38.5 Å². The van der Waals surface area contributed by atoms with E-state index < -0.39 is 29.2 Å². The van der Waals surface area contributed by atoms with Crippen molar-refractivity contribution in [3.63, 3.8) is 0 Å². The van der Waals surface area contributed by atoms with E-state index in [1.165, 1.54) is 12.2 Å². The first-order chi connectivity index (χ1) is 19.3. The van der Waals surface area contributed by atoms with Crippen LogP contribution in [0.25, 0.3) is 12.2 Å². The molecule has 1 fully saturated rings. The minimum Gasteiger partial charge on any atom is -0.495 e. The Hall–Kier alpha value is -3.96. The largest absolute Gasteiger partial charge is 0.495 e. The van der Waals surface area contributed by atoms with Crippen LogP contribution in [0.1, 0.15) is 51.7 Å². The van der Waals surface area contributed by atoms with Crippen molar-refractivity contribution in [3.8, 4) is 23.0 Å². The van der Waals surface area contributed by atoms with Gasteiger partial charge >= 0.3 is 6.09 Å². The summed E-state index contributed by atoms with van der Waals surface area (Å²) in [7, 11) is 6.16. The molecule has 0 spiro atoms. The predicted octanol–water partition coefficient (Wildman–Crippen LogP) is 4.97. The van der Waals surface area contributed by atoms with Crippen molar-refractivity contribution in [2.24, 2.45) is 0 Å². The van der Waals surface area contributed by atoms with Crippen LogP contribution >= 0.6 is 0 Å². The minimum absolute atomic E-state index is 0.293. The number of alkyl carbamates (subject to hydrolysis) is 1. The SMILES string of the molecule is COc1ccc(/C=C\c2cc(OC)c(OC)c(OC)c2)cc1NC(=O)CNC(=O)OC1CC(C)(C)N(O)C(C)(C)C1. The van der Waals surface area contributed by atoms with E-state index in [-0.39, 0.29) is 6.54 Å². The Labute approximate surface area is 241 Å². The third kappa shape index (κ3) is 7.83. The Morgan fingerprint density at radius 2 is 1.44 bits per heavy atom. The molecule has 1 aliphatic rings. The normalized spacial score (nSPS) is 16.6. The quantitative estimate of drug-likeness (QED) is 0.339. The zero-order valence-corrected chi connectivity index (χ0v) is 25.0. The third-order valence-corrected chi connectivity index (χ3v) is 6.92. The van der Waals surface area contributed by atoms with Gasteiger partial charge in [-0.15, -0.1) is 0 Å². The number of carbonyl (C=O) groups is 2. The standard InChI is InChI=1S/C30H41N3O8/c1-29(2)16-21(17-30(3,4)33(29)36)41-28(35)31-18-26(34)32-22-13-19(11-12-23(22)37-5)9-10-20-14-24(38-6)27(40-8)25(15-20)39-7/h9-15,21,36H,16-18H2,1-8H3,(H,31,35)(H,32,34)/b10-9-. The van der Waals surface area contributed by atoms with Crippen LogP contribution in [-0.4, -0.2) is 74.4 Å². The lowest BCUT2D eigenvalue weighted by Crippen LogP contribution is -2.61. The fraction of sp³-hybridized carbons (Fsp3) is 0.467. The molecule has 0 radical (unpaired) electrons. The Bertz CT molecular complexity index is 1230. The van der Waals surface area contributed by atoms with Gasteiger partial charge in [0.25, 0.3) is 0 Å². The molecule has 0 atom stereocenters. The molecule has 0 saturated carbocycles. The van der Waals surface area contributed by atoms with Crippen LogP contribution < -0.4 is 29.6 Å². The number of hydrogen-bond acceptors (Lipinski definition) is 9. The first-order valence-corrected chi connectivity index (χ1v) is 13.2. The lowest BCUT2D eigenvalue weighted by molar-refractivity contribution is -0.256. The van der Waals surface area contributed by atoms with E-state index >= 15 is 0 Å². The van der Waals surface area contributed by atoms with Gasteiger partial charge in [0.2, 0.25) is 11.7 Å². The number of ether oxygens (including phenoxy) is 5. The highest BCUT2D eigenvalue weighted by molar-refractivity contribution is 5.95. The van der Waals surface area contributed by atoms with Crippen LogP contribution in [0, 0.1) is 0 Å². The molecule has 0 unspecified atom stereocenters. The molecule has 1 aliphatic heterocycles. The average molecular weight is 572 g/mol. The summed E-state index contributed by atoms with van der Waals surface area (Å²) < 4.78 is 27.2. The lowest BCUT2D eigenvalue weighted by atomic mass is 9.80. The maximum atomic E-state index is 12.7. The fourth-order valence-corrected chi connectivity index (χ4v) is 5.12. The number of hydroxylamine groups is 2. The molecule has 0 aromatic heterocycles. The summed E-state index contributed by atoms with van der Waals surface area (Å²) in [5.41, 5.74) is 0.929. The van der Waals surface area contributed by atoms with Crippen molar-refractivity contribution in [1.82, 2.24) is 10.4 Å². The second-order valence-corrected chi connectivity index (χ2v) is 11.0. The third-order valence-electron chi connectivity index (χ3n) is 6.92. The number of nitrogens with zero attached hydrogens (tertiary/aromatic N) is 1. The first-order valence-electron chi connectivity index (χ1n) is 13.2. The smallest absolute Gasteiger partial charge is 0.407 e. The maximum Gasteiger partial charge on any atom is 0.407 e. The molecule has 11 heteroatoms. The average Bonchev–Trinajstić information content (AvgIpc) is 2.92. The molecule has 0 bridgehead atoms. The van der Waals surface area contributed by atoms with Crippen LogP contribution in [0.15, 0.2) is 30.3 Å². The molecule has 11 nitrogen and oxygen atoms in total. The summed E-state index contributed by atoms with van der Waals surface area (Å²) >= 11 is 0. The van der Waals surface area contributed by atoms with Crippen molar-refractivity contribution >= 4 is 29.8 Å². The number of methoxy groups -OCH3 is 4. The zero-order valence-electron chi connectivity index (χ0n) is 25.0. The Morgan fingerprint density at radius 1 is 0.878 bits per heavy atom. The summed E-state index contributed by atoms with van der Waals surface area (Å²) in [5.74, 6) is 1.59. The van der Waals surface area contributed by atoms with E-state index in [1.54, 1.807) is 33.5 Å². The summed E-state index contributed by atoms with van der Waals surface area (Å²) in [6.07, 6.45) is 3.56. The molecule has 1 saturated heterocycles. The van der Waals surface area contributed by atoms with E-state index in [4.69, 9.17) is 23.7 Å². The summed E-state index contributed by atoms with van der Waals surface area (Å²) in [4.78, 5) is 25.1. The van der Waals surface area contributed by atoms with Gasteiger partial charge in [-0.2, -0.15) is 5.06 Å². The number of benzene rings is 2. The van der Waals surface area contributed by atoms with Gasteiger partial charge in [-0.25, -0.2) is 4.79 Å². The van der Waals surface area contributed by atoms with Crippen molar-refractivity contribution in [2.45, 2.75) is 57.7 Å². The van der Waals surface area contributed by atoms with Gasteiger partial charge in [0, 0.05) is 23.9 Å².